The maximum atomic E-state index is 12.3. The fourth-order valence-electron chi connectivity index (χ4n) is 2.31. The Morgan fingerprint density at radius 1 is 1.32 bits per heavy atom. The zero-order chi connectivity index (χ0) is 18.2. The summed E-state index contributed by atoms with van der Waals surface area (Å²) in [5, 5.41) is 5.79. The highest BCUT2D eigenvalue weighted by Crippen LogP contribution is 2.35. The number of nitrogens with one attached hydrogen (secondary N) is 1. The second-order valence-electron chi connectivity index (χ2n) is 5.14. The van der Waals surface area contributed by atoms with Crippen LogP contribution in [0.3, 0.4) is 0 Å². The highest BCUT2D eigenvalue weighted by atomic mass is 32.2. The van der Waals surface area contributed by atoms with E-state index in [2.05, 4.69) is 10.3 Å². The Hall–Kier alpha value is -1.80. The van der Waals surface area contributed by atoms with Gasteiger partial charge in [0.05, 0.1) is 25.2 Å². The Morgan fingerprint density at radius 2 is 2.08 bits per heavy atom. The molecule has 0 bridgehead atoms. The molecule has 0 amide bonds. The van der Waals surface area contributed by atoms with Gasteiger partial charge in [0.15, 0.2) is 5.17 Å². The summed E-state index contributed by atoms with van der Waals surface area (Å²) in [5.41, 5.74) is 1.25. The summed E-state index contributed by atoms with van der Waals surface area (Å²) < 4.78 is 10.1. The van der Waals surface area contributed by atoms with Gasteiger partial charge in [0.25, 0.3) is 0 Å². The molecular weight excluding hydrogens is 360 g/mol. The fourth-order valence-corrected chi connectivity index (χ4v) is 3.95. The number of carbonyl (C=O) groups excluding carboxylic acids is 2. The minimum Gasteiger partial charge on any atom is -0.466 e. The number of esters is 2. The van der Waals surface area contributed by atoms with Crippen LogP contribution < -0.4 is 5.32 Å². The summed E-state index contributed by atoms with van der Waals surface area (Å²) in [6.07, 6.45) is 0.316. The van der Waals surface area contributed by atoms with Gasteiger partial charge >= 0.3 is 11.9 Å². The molecular formula is C17H22N2O4S2. The molecule has 6 nitrogen and oxygen atoms in total. The van der Waals surface area contributed by atoms with E-state index in [9.17, 15) is 9.59 Å². The number of ether oxygens (including phenoxy) is 2. The predicted molar refractivity (Wildman–Crippen MR) is 101 cm³/mol. The Labute approximate surface area is 155 Å². The third-order valence-corrected chi connectivity index (χ3v) is 5.19. The molecule has 1 N–H and O–H groups in total. The van der Waals surface area contributed by atoms with Gasteiger partial charge in [-0.05, 0) is 32.2 Å². The third-order valence-electron chi connectivity index (χ3n) is 3.38. The predicted octanol–water partition coefficient (Wildman–Crippen LogP) is 3.27. The Morgan fingerprint density at radius 3 is 2.72 bits per heavy atom. The fraction of sp³-hybridized carbons (Fsp3) is 0.471. The van der Waals surface area contributed by atoms with E-state index >= 15 is 0 Å². The molecule has 0 spiro atoms. The molecule has 0 aromatic carbocycles. The van der Waals surface area contributed by atoms with Gasteiger partial charge in [0.1, 0.15) is 6.04 Å². The number of hydrogen-bond donors (Lipinski definition) is 1. The van der Waals surface area contributed by atoms with Crippen molar-refractivity contribution in [3.05, 3.63) is 33.7 Å². The van der Waals surface area contributed by atoms with Gasteiger partial charge in [0.2, 0.25) is 0 Å². The number of amidine groups is 1. The van der Waals surface area contributed by atoms with E-state index in [4.69, 9.17) is 9.47 Å². The van der Waals surface area contributed by atoms with Crippen LogP contribution in [-0.4, -0.2) is 36.1 Å². The van der Waals surface area contributed by atoms with Gasteiger partial charge in [0, 0.05) is 16.3 Å². The number of thioether (sulfide) groups is 1. The maximum absolute atomic E-state index is 12.3. The molecule has 1 aliphatic rings. The maximum Gasteiger partial charge on any atom is 0.338 e. The first kappa shape index (κ1) is 19.5. The lowest BCUT2D eigenvalue weighted by Crippen LogP contribution is -2.30. The van der Waals surface area contributed by atoms with Crippen LogP contribution in [0.2, 0.25) is 0 Å². The lowest BCUT2D eigenvalue weighted by atomic mass is 10.0. The van der Waals surface area contributed by atoms with Crippen LogP contribution in [0.1, 0.15) is 38.1 Å². The molecule has 0 radical (unpaired) electrons. The van der Waals surface area contributed by atoms with Crippen LogP contribution >= 0.6 is 23.1 Å². The van der Waals surface area contributed by atoms with Crippen molar-refractivity contribution in [2.75, 3.05) is 19.0 Å². The van der Waals surface area contributed by atoms with E-state index < -0.39 is 0 Å². The molecule has 2 heterocycles. The number of aliphatic imine (C=N–C) groups is 1. The van der Waals surface area contributed by atoms with Crippen LogP contribution in [0.5, 0.6) is 0 Å². The highest BCUT2D eigenvalue weighted by Gasteiger charge is 2.30. The van der Waals surface area contributed by atoms with Crippen molar-refractivity contribution in [2.24, 2.45) is 4.99 Å². The molecule has 1 aliphatic heterocycles. The Kier molecular flexibility index (Phi) is 7.52. The molecule has 0 unspecified atom stereocenters. The quantitative estimate of drug-likeness (QED) is 0.730. The molecule has 1 aromatic heterocycles. The van der Waals surface area contributed by atoms with Gasteiger partial charge in [-0.1, -0.05) is 17.8 Å². The number of rotatable bonds is 7. The number of thiophene rings is 1. The van der Waals surface area contributed by atoms with E-state index in [1.165, 1.54) is 11.8 Å². The topological polar surface area (TPSA) is 77.0 Å². The van der Waals surface area contributed by atoms with Crippen molar-refractivity contribution in [1.82, 2.24) is 5.32 Å². The van der Waals surface area contributed by atoms with Crippen molar-refractivity contribution >= 4 is 40.2 Å². The van der Waals surface area contributed by atoms with Crippen LogP contribution in [0.15, 0.2) is 33.8 Å². The van der Waals surface area contributed by atoms with Crippen molar-refractivity contribution < 1.29 is 19.1 Å². The zero-order valence-corrected chi connectivity index (χ0v) is 16.2. The van der Waals surface area contributed by atoms with E-state index in [-0.39, 0.29) is 18.0 Å². The molecule has 0 saturated carbocycles. The average Bonchev–Trinajstić information content (AvgIpc) is 3.09. The third kappa shape index (κ3) is 5.34. The highest BCUT2D eigenvalue weighted by molar-refractivity contribution is 8.13. The lowest BCUT2D eigenvalue weighted by Gasteiger charge is -2.24. The smallest absolute Gasteiger partial charge is 0.338 e. The SMILES string of the molecule is CCOC(=O)CCSC1=N[C@H](c2cccs2)C(C(=O)OCC)=C(C)N1. The van der Waals surface area contributed by atoms with Crippen LogP contribution in [-0.2, 0) is 19.1 Å². The molecule has 1 aromatic rings. The Bertz CT molecular complexity index is 668. The van der Waals surface area contributed by atoms with Gasteiger partial charge in [-0.3, -0.25) is 4.79 Å². The normalized spacial score (nSPS) is 16.9. The number of allylic oxidation sites excluding steroid dienone is 1. The summed E-state index contributed by atoms with van der Waals surface area (Å²) >= 11 is 2.99. The summed E-state index contributed by atoms with van der Waals surface area (Å²) in [5.74, 6) is -0.0185. The first-order chi connectivity index (χ1) is 12.1. The first-order valence-corrected chi connectivity index (χ1v) is 9.97. The van der Waals surface area contributed by atoms with Gasteiger partial charge in [-0.15, -0.1) is 11.3 Å². The second-order valence-corrected chi connectivity index (χ2v) is 7.20. The summed E-state index contributed by atoms with van der Waals surface area (Å²) in [6, 6.07) is 3.51. The van der Waals surface area contributed by atoms with E-state index in [0.29, 0.717) is 36.1 Å². The average molecular weight is 383 g/mol. The molecule has 0 aliphatic carbocycles. The van der Waals surface area contributed by atoms with Crippen LogP contribution in [0.4, 0.5) is 0 Å². The van der Waals surface area contributed by atoms with Crippen LogP contribution in [0, 0.1) is 0 Å². The zero-order valence-electron chi connectivity index (χ0n) is 14.5. The largest absolute Gasteiger partial charge is 0.466 e. The molecule has 1 atom stereocenters. The first-order valence-electron chi connectivity index (χ1n) is 8.11. The molecule has 25 heavy (non-hydrogen) atoms. The standard InChI is InChI=1S/C17H22N2O4S2/c1-4-22-13(20)8-10-25-17-18-11(3)14(16(21)23-5-2)15(19-17)12-7-6-9-24-12/h6-7,9,15H,4-5,8,10H2,1-3H3,(H,18,19)/t15-/m1/s1. The summed E-state index contributed by atoms with van der Waals surface area (Å²) in [7, 11) is 0. The lowest BCUT2D eigenvalue weighted by molar-refractivity contribution is -0.142. The number of hydrogen-bond acceptors (Lipinski definition) is 8. The van der Waals surface area contributed by atoms with E-state index in [1.807, 2.05) is 24.4 Å². The van der Waals surface area contributed by atoms with Gasteiger partial charge in [-0.25, -0.2) is 9.79 Å². The second kappa shape index (κ2) is 9.62. The molecule has 136 valence electrons. The van der Waals surface area contributed by atoms with Crippen molar-refractivity contribution in [3.63, 3.8) is 0 Å². The van der Waals surface area contributed by atoms with Crippen LogP contribution in [0.25, 0.3) is 0 Å². The van der Waals surface area contributed by atoms with Gasteiger partial charge in [-0.2, -0.15) is 0 Å². The van der Waals surface area contributed by atoms with Crippen molar-refractivity contribution in [2.45, 2.75) is 33.2 Å². The minimum absolute atomic E-state index is 0.222. The Balaban J connectivity index is 2.13. The number of carbonyl (C=O) groups is 2. The number of nitrogens with zero attached hydrogens (tertiary/aromatic N) is 1. The summed E-state index contributed by atoms with van der Waals surface area (Å²) in [6.45, 7) is 6.11. The van der Waals surface area contributed by atoms with Gasteiger partial charge < -0.3 is 14.8 Å². The van der Waals surface area contributed by atoms with Crippen molar-refractivity contribution in [1.29, 1.82) is 0 Å². The van der Waals surface area contributed by atoms with Crippen molar-refractivity contribution in [3.8, 4) is 0 Å². The molecule has 8 heteroatoms. The van der Waals surface area contributed by atoms with E-state index in [0.717, 1.165) is 10.6 Å². The summed E-state index contributed by atoms with van der Waals surface area (Å²) in [4.78, 5) is 29.4. The molecule has 2 rings (SSSR count). The monoisotopic (exact) mass is 382 g/mol. The minimum atomic E-state index is -0.384. The molecule has 0 fully saturated rings. The molecule has 0 saturated heterocycles. The van der Waals surface area contributed by atoms with E-state index in [1.54, 1.807) is 25.2 Å².